The molecule has 2 aromatic rings. The zero-order valence-corrected chi connectivity index (χ0v) is 18.6. The Balaban J connectivity index is 2.08. The van der Waals surface area contributed by atoms with E-state index in [1.165, 1.54) is 0 Å². The second-order valence-electron chi connectivity index (χ2n) is 7.66. The predicted octanol–water partition coefficient (Wildman–Crippen LogP) is 3.77. The van der Waals surface area contributed by atoms with Crippen molar-refractivity contribution >= 4 is 17.4 Å². The van der Waals surface area contributed by atoms with Crippen molar-refractivity contribution in [2.45, 2.75) is 26.8 Å². The van der Waals surface area contributed by atoms with Crippen LogP contribution >= 0.6 is 0 Å². The van der Waals surface area contributed by atoms with Gasteiger partial charge >= 0.3 is 0 Å². The Hall–Kier alpha value is -3.12. The summed E-state index contributed by atoms with van der Waals surface area (Å²) in [5.41, 5.74) is 2.44. The first kappa shape index (κ1) is 22.6. The number of aryl methyl sites for hydroxylation is 1. The van der Waals surface area contributed by atoms with Gasteiger partial charge in [-0.25, -0.2) is 0 Å². The van der Waals surface area contributed by atoms with Gasteiger partial charge in [-0.15, -0.1) is 0 Å². The van der Waals surface area contributed by atoms with Gasteiger partial charge in [-0.05, 0) is 49.8 Å². The van der Waals surface area contributed by atoms with Crippen molar-refractivity contribution in [2.75, 3.05) is 33.3 Å². The molecule has 0 spiro atoms. The minimum atomic E-state index is -0.653. The van der Waals surface area contributed by atoms with Gasteiger partial charge in [0.15, 0.2) is 0 Å². The van der Waals surface area contributed by atoms with E-state index in [1.807, 2.05) is 31.2 Å². The van der Waals surface area contributed by atoms with Gasteiger partial charge in [0.05, 0.1) is 18.7 Å². The number of hydrogen-bond acceptors (Lipinski definition) is 5. The number of hydrogen-bond donors (Lipinski definition) is 1. The van der Waals surface area contributed by atoms with Crippen molar-refractivity contribution in [3.8, 4) is 5.75 Å². The van der Waals surface area contributed by atoms with Gasteiger partial charge < -0.3 is 19.6 Å². The molecule has 0 aliphatic carbocycles. The lowest BCUT2D eigenvalue weighted by Crippen LogP contribution is -2.38. The van der Waals surface area contributed by atoms with Crippen molar-refractivity contribution in [3.05, 3.63) is 70.8 Å². The molecule has 6 nitrogen and oxygen atoms in total. The molecular formula is C25H30N2O4. The van der Waals surface area contributed by atoms with Crippen molar-refractivity contribution in [1.82, 2.24) is 9.80 Å². The standard InChI is InChI=1S/C25H30N2O4/c1-5-26(6-2)14-15-27-22(19-9-7-8-17(3)16-19)21(24(29)25(27)30)23(28)18-10-12-20(31-4)13-11-18/h7-13,16,22,28H,5-6,14-15H2,1-4H3/b23-21-. The number of ketones is 1. The summed E-state index contributed by atoms with van der Waals surface area (Å²) < 4.78 is 5.18. The Bertz CT molecular complexity index is 977. The Morgan fingerprint density at radius 2 is 1.77 bits per heavy atom. The molecule has 0 saturated carbocycles. The van der Waals surface area contributed by atoms with Gasteiger partial charge in [-0.3, -0.25) is 9.59 Å². The van der Waals surface area contributed by atoms with E-state index in [1.54, 1.807) is 36.3 Å². The second kappa shape index (κ2) is 9.79. The van der Waals surface area contributed by atoms with Crippen molar-refractivity contribution in [2.24, 2.45) is 0 Å². The number of likely N-dealkylation sites (tertiary alicyclic amines) is 1. The highest BCUT2D eigenvalue weighted by Gasteiger charge is 2.45. The normalized spacial score (nSPS) is 18.1. The fourth-order valence-electron chi connectivity index (χ4n) is 3.99. The maximum atomic E-state index is 13.1. The lowest BCUT2D eigenvalue weighted by atomic mass is 9.94. The molecule has 6 heteroatoms. The van der Waals surface area contributed by atoms with E-state index < -0.39 is 17.7 Å². The van der Waals surface area contributed by atoms with E-state index in [0.29, 0.717) is 24.4 Å². The van der Waals surface area contributed by atoms with Crippen LogP contribution in [0.5, 0.6) is 5.75 Å². The monoisotopic (exact) mass is 422 g/mol. The molecule has 1 heterocycles. The summed E-state index contributed by atoms with van der Waals surface area (Å²) in [6.07, 6.45) is 0. The number of benzene rings is 2. The summed E-state index contributed by atoms with van der Waals surface area (Å²) >= 11 is 0. The minimum Gasteiger partial charge on any atom is -0.507 e. The van der Waals surface area contributed by atoms with E-state index in [-0.39, 0.29) is 11.3 Å². The van der Waals surface area contributed by atoms with Gasteiger partial charge in [-0.1, -0.05) is 43.7 Å². The molecule has 1 fully saturated rings. The summed E-state index contributed by atoms with van der Waals surface area (Å²) in [5.74, 6) is -0.752. The molecule has 1 saturated heterocycles. The number of aliphatic hydroxyl groups is 1. The molecule has 31 heavy (non-hydrogen) atoms. The average molecular weight is 423 g/mol. The van der Waals surface area contributed by atoms with Crippen LogP contribution in [0.25, 0.3) is 5.76 Å². The zero-order valence-electron chi connectivity index (χ0n) is 18.6. The average Bonchev–Trinajstić information content (AvgIpc) is 3.04. The number of ether oxygens (including phenoxy) is 1. The second-order valence-corrected chi connectivity index (χ2v) is 7.66. The van der Waals surface area contributed by atoms with E-state index >= 15 is 0 Å². The molecule has 2 aromatic carbocycles. The highest BCUT2D eigenvalue weighted by Crippen LogP contribution is 2.39. The maximum absolute atomic E-state index is 13.1. The van der Waals surface area contributed by atoms with Crippen LogP contribution in [0.15, 0.2) is 54.1 Å². The van der Waals surface area contributed by atoms with E-state index in [2.05, 4.69) is 18.7 Å². The maximum Gasteiger partial charge on any atom is 0.295 e. The Kier molecular flexibility index (Phi) is 7.13. The summed E-state index contributed by atoms with van der Waals surface area (Å²) in [6.45, 7) is 8.89. The number of Topliss-reactive ketones (excluding diaryl/α,β-unsaturated/α-hetero) is 1. The van der Waals surface area contributed by atoms with E-state index in [0.717, 1.165) is 24.2 Å². The number of amides is 1. The first-order valence-corrected chi connectivity index (χ1v) is 10.6. The molecule has 164 valence electrons. The quantitative estimate of drug-likeness (QED) is 0.398. The van der Waals surface area contributed by atoms with Gasteiger partial charge in [0, 0.05) is 18.7 Å². The van der Waals surface area contributed by atoms with Crippen LogP contribution in [0, 0.1) is 6.92 Å². The third-order valence-electron chi connectivity index (χ3n) is 5.81. The molecule has 0 radical (unpaired) electrons. The van der Waals surface area contributed by atoms with Crippen LogP contribution in [0.3, 0.4) is 0 Å². The Morgan fingerprint density at radius 1 is 1.10 bits per heavy atom. The summed E-state index contributed by atoms with van der Waals surface area (Å²) in [6, 6.07) is 13.9. The third kappa shape index (κ3) is 4.64. The molecule has 1 N–H and O–H groups in total. The number of carbonyl (C=O) groups is 2. The predicted molar refractivity (Wildman–Crippen MR) is 121 cm³/mol. The van der Waals surface area contributed by atoms with Crippen LogP contribution in [-0.2, 0) is 9.59 Å². The highest BCUT2D eigenvalue weighted by atomic mass is 16.5. The van der Waals surface area contributed by atoms with Crippen LogP contribution < -0.4 is 4.74 Å². The fraction of sp³-hybridized carbons (Fsp3) is 0.360. The first-order chi connectivity index (χ1) is 14.9. The summed E-state index contributed by atoms with van der Waals surface area (Å²) in [4.78, 5) is 29.9. The molecule has 1 aliphatic rings. The molecular weight excluding hydrogens is 392 g/mol. The van der Waals surface area contributed by atoms with Crippen molar-refractivity contribution in [1.29, 1.82) is 0 Å². The SMILES string of the molecule is CCN(CC)CCN1C(=O)C(=O)/C(=C(\O)c2ccc(OC)cc2)C1c1cccc(C)c1. The molecule has 3 rings (SSSR count). The van der Waals surface area contributed by atoms with Gasteiger partial charge in [-0.2, -0.15) is 0 Å². The number of likely N-dealkylation sites (N-methyl/N-ethyl adjacent to an activating group) is 1. The number of carbonyl (C=O) groups excluding carboxylic acids is 2. The Labute approximate surface area is 183 Å². The zero-order chi connectivity index (χ0) is 22.5. The van der Waals surface area contributed by atoms with E-state index in [4.69, 9.17) is 4.74 Å². The van der Waals surface area contributed by atoms with Crippen LogP contribution in [-0.4, -0.2) is 59.9 Å². The topological polar surface area (TPSA) is 70.1 Å². The van der Waals surface area contributed by atoms with Gasteiger partial charge in [0.1, 0.15) is 11.5 Å². The smallest absolute Gasteiger partial charge is 0.295 e. The number of aliphatic hydroxyl groups excluding tert-OH is 1. The van der Waals surface area contributed by atoms with Crippen molar-refractivity contribution in [3.63, 3.8) is 0 Å². The molecule has 1 amide bonds. The molecule has 1 atom stereocenters. The molecule has 1 unspecified atom stereocenters. The third-order valence-corrected chi connectivity index (χ3v) is 5.81. The minimum absolute atomic E-state index is 0.125. The first-order valence-electron chi connectivity index (χ1n) is 10.6. The van der Waals surface area contributed by atoms with Crippen molar-refractivity contribution < 1.29 is 19.4 Å². The van der Waals surface area contributed by atoms with Gasteiger partial charge in [0.2, 0.25) is 0 Å². The lowest BCUT2D eigenvalue weighted by molar-refractivity contribution is -0.140. The Morgan fingerprint density at radius 3 is 2.35 bits per heavy atom. The summed E-state index contributed by atoms with van der Waals surface area (Å²) in [5, 5.41) is 11.1. The molecule has 0 aromatic heterocycles. The number of nitrogens with zero attached hydrogens (tertiary/aromatic N) is 2. The van der Waals surface area contributed by atoms with Crippen LogP contribution in [0.1, 0.15) is 36.6 Å². The largest absolute Gasteiger partial charge is 0.507 e. The van der Waals surface area contributed by atoms with Gasteiger partial charge in [0.25, 0.3) is 11.7 Å². The highest BCUT2D eigenvalue weighted by molar-refractivity contribution is 6.46. The number of rotatable bonds is 8. The fourth-order valence-corrected chi connectivity index (χ4v) is 3.99. The number of methoxy groups -OCH3 is 1. The van der Waals surface area contributed by atoms with E-state index in [9.17, 15) is 14.7 Å². The summed E-state index contributed by atoms with van der Waals surface area (Å²) in [7, 11) is 1.56. The van der Waals surface area contributed by atoms with Crippen LogP contribution in [0.2, 0.25) is 0 Å². The lowest BCUT2D eigenvalue weighted by Gasteiger charge is -2.28. The van der Waals surface area contributed by atoms with Crippen LogP contribution in [0.4, 0.5) is 0 Å². The molecule has 0 bridgehead atoms. The molecule has 1 aliphatic heterocycles.